The predicted molar refractivity (Wildman–Crippen MR) is 121 cm³/mol. The van der Waals surface area contributed by atoms with Crippen molar-refractivity contribution in [1.82, 2.24) is 19.6 Å². The summed E-state index contributed by atoms with van der Waals surface area (Å²) >= 11 is 6.29. The third-order valence-electron chi connectivity index (χ3n) is 5.95. The molecule has 4 rings (SSSR count). The maximum atomic E-state index is 13.1. The van der Waals surface area contributed by atoms with Gasteiger partial charge in [-0.3, -0.25) is 9.80 Å². The van der Waals surface area contributed by atoms with Gasteiger partial charge in [-0.25, -0.2) is 4.79 Å². The van der Waals surface area contributed by atoms with Crippen LogP contribution in [-0.2, 0) is 6.54 Å². The van der Waals surface area contributed by atoms with E-state index < -0.39 is 0 Å². The molecule has 0 fully saturated rings. The number of urea groups is 1. The maximum absolute atomic E-state index is 13.1. The zero-order valence-electron chi connectivity index (χ0n) is 17.9. The van der Waals surface area contributed by atoms with Crippen molar-refractivity contribution in [3.05, 3.63) is 83.5 Å². The molecule has 2 aliphatic heterocycles. The Bertz CT molecular complexity index is 936. The second-order valence-corrected chi connectivity index (χ2v) is 8.59. The molecule has 1 aromatic carbocycles. The van der Waals surface area contributed by atoms with Gasteiger partial charge in [0.15, 0.2) is 0 Å². The lowest BCUT2D eigenvalue weighted by molar-refractivity contribution is 0.162. The topological polar surface area (TPSA) is 30.0 Å². The number of hydrogen-bond donors (Lipinski definition) is 0. The van der Waals surface area contributed by atoms with Crippen LogP contribution in [0.25, 0.3) is 0 Å². The third-order valence-corrected chi connectivity index (χ3v) is 6.27. The lowest BCUT2D eigenvalue weighted by Crippen LogP contribution is -2.47. The SMILES string of the molecule is C=C1C2=C(N(C)C(=O)N1CCC)N(C)C(C1=CCC(Cl)C=C1)N2Cc1ccccc1. The van der Waals surface area contributed by atoms with E-state index in [4.69, 9.17) is 11.6 Å². The van der Waals surface area contributed by atoms with Crippen LogP contribution in [0, 0.1) is 0 Å². The lowest BCUT2D eigenvalue weighted by Gasteiger charge is -2.37. The molecule has 2 atom stereocenters. The summed E-state index contributed by atoms with van der Waals surface area (Å²) in [5.41, 5.74) is 4.20. The minimum Gasteiger partial charge on any atom is -0.338 e. The van der Waals surface area contributed by atoms with E-state index in [1.807, 2.05) is 13.1 Å². The largest absolute Gasteiger partial charge is 0.338 e. The molecule has 6 heteroatoms. The molecule has 3 aliphatic rings. The second-order valence-electron chi connectivity index (χ2n) is 8.03. The van der Waals surface area contributed by atoms with Gasteiger partial charge < -0.3 is 9.80 Å². The van der Waals surface area contributed by atoms with Crippen molar-refractivity contribution in [2.75, 3.05) is 20.6 Å². The maximum Gasteiger partial charge on any atom is 0.329 e. The molecule has 30 heavy (non-hydrogen) atoms. The van der Waals surface area contributed by atoms with Gasteiger partial charge in [0, 0.05) is 27.2 Å². The molecule has 0 radical (unpaired) electrons. The van der Waals surface area contributed by atoms with Crippen LogP contribution in [0.2, 0.25) is 0 Å². The van der Waals surface area contributed by atoms with Crippen LogP contribution < -0.4 is 0 Å². The minimum atomic E-state index is -0.0262. The average Bonchev–Trinajstić information content (AvgIpc) is 3.03. The fourth-order valence-corrected chi connectivity index (χ4v) is 4.72. The molecule has 2 heterocycles. The first kappa shape index (κ1) is 20.6. The lowest BCUT2D eigenvalue weighted by atomic mass is 10.0. The van der Waals surface area contributed by atoms with Crippen molar-refractivity contribution in [3.8, 4) is 0 Å². The first-order valence-corrected chi connectivity index (χ1v) is 10.9. The molecule has 0 aromatic heterocycles. The summed E-state index contributed by atoms with van der Waals surface area (Å²) in [4.78, 5) is 21.2. The number of halogens is 1. The summed E-state index contributed by atoms with van der Waals surface area (Å²) in [5.74, 6) is 0.903. The van der Waals surface area contributed by atoms with Crippen molar-refractivity contribution in [2.45, 2.75) is 37.9 Å². The van der Waals surface area contributed by atoms with E-state index in [-0.39, 0.29) is 17.6 Å². The van der Waals surface area contributed by atoms with Crippen molar-refractivity contribution < 1.29 is 4.79 Å². The molecule has 2 unspecified atom stereocenters. The number of alkyl halides is 1. The number of amides is 2. The highest BCUT2D eigenvalue weighted by Gasteiger charge is 2.46. The first-order valence-electron chi connectivity index (χ1n) is 10.5. The van der Waals surface area contributed by atoms with Crippen LogP contribution in [0.5, 0.6) is 0 Å². The summed E-state index contributed by atoms with van der Waals surface area (Å²) in [7, 11) is 3.91. The van der Waals surface area contributed by atoms with Gasteiger partial charge in [-0.05, 0) is 24.0 Å². The monoisotopic (exact) mass is 424 g/mol. The van der Waals surface area contributed by atoms with E-state index in [2.05, 4.69) is 72.8 Å². The van der Waals surface area contributed by atoms with Crippen LogP contribution in [0.3, 0.4) is 0 Å². The van der Waals surface area contributed by atoms with Gasteiger partial charge in [0.25, 0.3) is 0 Å². The Morgan fingerprint density at radius 2 is 1.93 bits per heavy atom. The van der Waals surface area contributed by atoms with Gasteiger partial charge in [-0.2, -0.15) is 0 Å². The Labute approximate surface area is 184 Å². The number of carbonyl (C=O) groups is 1. The second kappa shape index (κ2) is 8.23. The van der Waals surface area contributed by atoms with Crippen LogP contribution in [0.1, 0.15) is 25.3 Å². The Morgan fingerprint density at radius 1 is 1.20 bits per heavy atom. The number of benzene rings is 1. The molecule has 2 amide bonds. The number of rotatable bonds is 5. The zero-order valence-corrected chi connectivity index (χ0v) is 18.6. The van der Waals surface area contributed by atoms with Gasteiger partial charge in [0.2, 0.25) is 0 Å². The van der Waals surface area contributed by atoms with E-state index in [0.717, 1.165) is 36.6 Å². The summed E-state index contributed by atoms with van der Waals surface area (Å²) in [6, 6.07) is 10.4. The van der Waals surface area contributed by atoms with Gasteiger partial charge >= 0.3 is 6.03 Å². The summed E-state index contributed by atoms with van der Waals surface area (Å²) < 4.78 is 0. The predicted octanol–water partition coefficient (Wildman–Crippen LogP) is 4.71. The molecular weight excluding hydrogens is 396 g/mol. The van der Waals surface area contributed by atoms with Crippen molar-refractivity contribution >= 4 is 17.6 Å². The fourth-order valence-electron chi connectivity index (χ4n) is 4.55. The van der Waals surface area contributed by atoms with E-state index in [1.165, 1.54) is 11.1 Å². The van der Waals surface area contributed by atoms with E-state index in [1.54, 1.807) is 9.80 Å². The Balaban J connectivity index is 1.79. The third kappa shape index (κ3) is 3.41. The van der Waals surface area contributed by atoms with Crippen LogP contribution in [0.4, 0.5) is 4.79 Å². The van der Waals surface area contributed by atoms with Gasteiger partial charge in [-0.15, -0.1) is 11.6 Å². The van der Waals surface area contributed by atoms with Gasteiger partial charge in [0.05, 0.1) is 11.1 Å². The molecule has 1 aliphatic carbocycles. The molecule has 5 nitrogen and oxygen atoms in total. The van der Waals surface area contributed by atoms with Crippen LogP contribution in [0.15, 0.2) is 77.9 Å². The van der Waals surface area contributed by atoms with Crippen molar-refractivity contribution in [3.63, 3.8) is 0 Å². The first-order chi connectivity index (χ1) is 14.4. The van der Waals surface area contributed by atoms with E-state index in [9.17, 15) is 4.79 Å². The number of allylic oxidation sites excluding steroid dienone is 2. The zero-order chi connectivity index (χ0) is 21.4. The average molecular weight is 425 g/mol. The molecular formula is C24H29ClN4O. The normalized spacial score (nSPS) is 24.1. The van der Waals surface area contributed by atoms with Crippen LogP contribution >= 0.6 is 11.6 Å². The van der Waals surface area contributed by atoms with Gasteiger partial charge in [-0.1, -0.05) is 62.1 Å². The number of likely N-dealkylation sites (N-methyl/N-ethyl adjacent to an activating group) is 1. The number of hydrogen-bond acceptors (Lipinski definition) is 3. The molecule has 0 saturated heterocycles. The smallest absolute Gasteiger partial charge is 0.329 e. The van der Waals surface area contributed by atoms with Crippen molar-refractivity contribution in [1.29, 1.82) is 0 Å². The van der Waals surface area contributed by atoms with E-state index in [0.29, 0.717) is 6.54 Å². The number of carbonyl (C=O) groups excluding carboxylic acids is 1. The molecule has 0 bridgehead atoms. The van der Waals surface area contributed by atoms with Gasteiger partial charge in [0.1, 0.15) is 17.7 Å². The minimum absolute atomic E-state index is 0.0239. The summed E-state index contributed by atoms with van der Waals surface area (Å²) in [6.45, 7) is 7.82. The highest BCUT2D eigenvalue weighted by Crippen LogP contribution is 2.42. The Kier molecular flexibility index (Phi) is 5.65. The fraction of sp³-hybridized carbons (Fsp3) is 0.375. The summed E-state index contributed by atoms with van der Waals surface area (Å²) in [6.07, 6.45) is 8.04. The van der Waals surface area contributed by atoms with Crippen molar-refractivity contribution in [2.24, 2.45) is 0 Å². The Morgan fingerprint density at radius 3 is 2.57 bits per heavy atom. The molecule has 158 valence electrons. The highest BCUT2D eigenvalue weighted by atomic mass is 35.5. The standard InChI is InChI=1S/C24H29ClN4O/c1-5-15-28-17(2)21-23(27(4)24(28)30)26(3)22(19-11-13-20(25)14-12-19)29(21)16-18-9-7-6-8-10-18/h6-13,20,22H,2,5,14-16H2,1,3-4H3. The highest BCUT2D eigenvalue weighted by molar-refractivity contribution is 6.22. The van der Waals surface area contributed by atoms with E-state index >= 15 is 0 Å². The van der Waals surface area contributed by atoms with Crippen LogP contribution in [-0.4, -0.2) is 57.8 Å². The molecule has 0 saturated carbocycles. The molecule has 0 spiro atoms. The quantitative estimate of drug-likeness (QED) is 0.641. The number of nitrogens with zero attached hydrogens (tertiary/aromatic N) is 4. The molecule has 0 N–H and O–H groups in total. The molecule has 1 aromatic rings. The Hall–Kier alpha value is -2.66. The summed E-state index contributed by atoms with van der Waals surface area (Å²) in [5, 5.41) is 0.0323.